The number of hydrogen-bond donors (Lipinski definition) is 0. The first-order valence-electron chi connectivity index (χ1n) is 9.66. The van der Waals surface area contributed by atoms with Crippen LogP contribution in [0, 0.1) is 0 Å². The number of anilines is 3. The number of hydrogen-bond acceptors (Lipinski definition) is 6. The van der Waals surface area contributed by atoms with E-state index in [0.29, 0.717) is 49.1 Å². The molecule has 156 valence electrons. The summed E-state index contributed by atoms with van der Waals surface area (Å²) in [5.74, 6) is 1.30. The Morgan fingerprint density at radius 1 is 1.07 bits per heavy atom. The minimum absolute atomic E-state index is 0.0213. The molecule has 0 radical (unpaired) electrons. The number of pyridine rings is 1. The topological polar surface area (TPSA) is 48.4 Å². The van der Waals surface area contributed by atoms with E-state index < -0.39 is 11.7 Å². The number of piperazine rings is 1. The first-order valence-corrected chi connectivity index (χ1v) is 10.0. The summed E-state index contributed by atoms with van der Waals surface area (Å²) in [6.45, 7) is 4.91. The lowest BCUT2D eigenvalue weighted by molar-refractivity contribution is -0.137. The lowest BCUT2D eigenvalue weighted by Crippen LogP contribution is -2.47. The standard InChI is InChI=1S/C19H22ClF3N6/c1-13-4-3-7-29(13)18-25-15(20)12-16(26-18)27-8-10-28(11-9-27)17-14(19(21,22)23)5-2-6-24-17/h2,5-6,12-13H,3-4,7-11H2,1H3. The van der Waals surface area contributed by atoms with Gasteiger partial charge in [0.1, 0.15) is 16.8 Å². The maximum absolute atomic E-state index is 13.3. The lowest BCUT2D eigenvalue weighted by Gasteiger charge is -2.37. The van der Waals surface area contributed by atoms with Crippen LogP contribution in [0.4, 0.5) is 30.8 Å². The highest BCUT2D eigenvalue weighted by atomic mass is 35.5. The molecule has 2 saturated heterocycles. The van der Waals surface area contributed by atoms with Gasteiger partial charge < -0.3 is 14.7 Å². The van der Waals surface area contributed by atoms with E-state index in [1.54, 1.807) is 11.0 Å². The van der Waals surface area contributed by atoms with Gasteiger partial charge in [0.25, 0.3) is 0 Å². The molecule has 29 heavy (non-hydrogen) atoms. The molecule has 2 aromatic rings. The molecule has 0 aromatic carbocycles. The SMILES string of the molecule is CC1CCCN1c1nc(Cl)cc(N2CCN(c3ncccc3C(F)(F)F)CC2)n1. The van der Waals surface area contributed by atoms with Crippen molar-refractivity contribution in [2.75, 3.05) is 47.4 Å². The van der Waals surface area contributed by atoms with Gasteiger partial charge in [-0.2, -0.15) is 18.2 Å². The molecule has 4 rings (SSSR count). The van der Waals surface area contributed by atoms with Gasteiger partial charge in [-0.25, -0.2) is 9.97 Å². The van der Waals surface area contributed by atoms with E-state index in [4.69, 9.17) is 11.6 Å². The van der Waals surface area contributed by atoms with Crippen molar-refractivity contribution in [2.24, 2.45) is 0 Å². The molecule has 2 fully saturated rings. The molecule has 0 amide bonds. The quantitative estimate of drug-likeness (QED) is 0.695. The number of alkyl halides is 3. The average Bonchev–Trinajstić information content (AvgIpc) is 3.13. The van der Waals surface area contributed by atoms with Crippen LogP contribution in [0.1, 0.15) is 25.3 Å². The molecule has 1 atom stereocenters. The summed E-state index contributed by atoms with van der Waals surface area (Å²) in [7, 11) is 0. The van der Waals surface area contributed by atoms with E-state index in [9.17, 15) is 13.2 Å². The highest BCUT2D eigenvalue weighted by molar-refractivity contribution is 6.29. The summed E-state index contributed by atoms with van der Waals surface area (Å²) in [5.41, 5.74) is -0.705. The minimum Gasteiger partial charge on any atom is -0.353 e. The third-order valence-corrected chi connectivity index (χ3v) is 5.67. The second-order valence-corrected chi connectivity index (χ2v) is 7.77. The van der Waals surface area contributed by atoms with Crippen molar-refractivity contribution in [1.82, 2.24) is 15.0 Å². The summed E-state index contributed by atoms with van der Waals surface area (Å²) >= 11 is 6.24. The Morgan fingerprint density at radius 2 is 1.79 bits per heavy atom. The molecule has 1 unspecified atom stereocenters. The van der Waals surface area contributed by atoms with Crippen LogP contribution in [-0.2, 0) is 6.18 Å². The first kappa shape index (κ1) is 20.0. The van der Waals surface area contributed by atoms with Crippen LogP contribution in [0.15, 0.2) is 24.4 Å². The van der Waals surface area contributed by atoms with Gasteiger partial charge >= 0.3 is 6.18 Å². The summed E-state index contributed by atoms with van der Waals surface area (Å²) in [4.78, 5) is 18.9. The van der Waals surface area contributed by atoms with Crippen molar-refractivity contribution < 1.29 is 13.2 Å². The van der Waals surface area contributed by atoms with Crippen LogP contribution in [0.5, 0.6) is 0 Å². The van der Waals surface area contributed by atoms with E-state index in [1.165, 1.54) is 12.3 Å². The molecule has 0 saturated carbocycles. The molecule has 0 spiro atoms. The normalized spacial score (nSPS) is 20.4. The molecule has 2 aromatic heterocycles. The Bertz CT molecular complexity index is 869. The number of halogens is 4. The molecular weight excluding hydrogens is 405 g/mol. The highest BCUT2D eigenvalue weighted by Gasteiger charge is 2.36. The van der Waals surface area contributed by atoms with Gasteiger partial charge in [0.05, 0.1) is 5.56 Å². The molecule has 2 aliphatic rings. The fraction of sp³-hybridized carbons (Fsp3) is 0.526. The Hall–Kier alpha value is -2.29. The molecular formula is C19H22ClF3N6. The van der Waals surface area contributed by atoms with Crippen molar-refractivity contribution in [1.29, 1.82) is 0 Å². The minimum atomic E-state index is -4.43. The van der Waals surface area contributed by atoms with Crippen molar-refractivity contribution >= 4 is 29.2 Å². The van der Waals surface area contributed by atoms with Gasteiger partial charge in [0.15, 0.2) is 0 Å². The van der Waals surface area contributed by atoms with E-state index in [-0.39, 0.29) is 5.82 Å². The second kappa shape index (κ2) is 7.85. The zero-order chi connectivity index (χ0) is 20.6. The smallest absolute Gasteiger partial charge is 0.353 e. The van der Waals surface area contributed by atoms with E-state index in [2.05, 4.69) is 26.8 Å². The molecule has 0 N–H and O–H groups in total. The first-order chi connectivity index (χ1) is 13.8. The third kappa shape index (κ3) is 4.19. The Labute approximate surface area is 172 Å². The molecule has 6 nitrogen and oxygen atoms in total. The number of nitrogens with zero attached hydrogens (tertiary/aromatic N) is 6. The summed E-state index contributed by atoms with van der Waals surface area (Å²) in [5, 5.41) is 0.371. The van der Waals surface area contributed by atoms with Gasteiger partial charge in [0, 0.05) is 51.0 Å². The summed E-state index contributed by atoms with van der Waals surface area (Å²) < 4.78 is 39.9. The Kier molecular flexibility index (Phi) is 5.42. The summed E-state index contributed by atoms with van der Waals surface area (Å²) in [6.07, 6.45) is -0.848. The largest absolute Gasteiger partial charge is 0.419 e. The highest BCUT2D eigenvalue weighted by Crippen LogP contribution is 2.35. The summed E-state index contributed by atoms with van der Waals surface area (Å²) in [6, 6.07) is 4.46. The van der Waals surface area contributed by atoms with Gasteiger partial charge in [-0.15, -0.1) is 0 Å². The van der Waals surface area contributed by atoms with Gasteiger partial charge in [-0.05, 0) is 31.9 Å². The number of aromatic nitrogens is 3. The maximum atomic E-state index is 13.3. The van der Waals surface area contributed by atoms with Crippen molar-refractivity contribution in [3.8, 4) is 0 Å². The maximum Gasteiger partial charge on any atom is 0.419 e. The predicted molar refractivity (Wildman–Crippen MR) is 107 cm³/mol. The second-order valence-electron chi connectivity index (χ2n) is 7.38. The molecule has 2 aliphatic heterocycles. The van der Waals surface area contributed by atoms with Crippen LogP contribution >= 0.6 is 11.6 Å². The van der Waals surface area contributed by atoms with Crippen molar-refractivity contribution in [2.45, 2.75) is 32.0 Å². The van der Waals surface area contributed by atoms with E-state index >= 15 is 0 Å². The van der Waals surface area contributed by atoms with Crippen molar-refractivity contribution in [3.05, 3.63) is 35.1 Å². The zero-order valence-electron chi connectivity index (χ0n) is 16.0. The van der Waals surface area contributed by atoms with E-state index in [0.717, 1.165) is 25.5 Å². The Balaban J connectivity index is 1.50. The molecule has 0 aliphatic carbocycles. The van der Waals surface area contributed by atoms with Gasteiger partial charge in [-0.3, -0.25) is 0 Å². The van der Waals surface area contributed by atoms with Crippen molar-refractivity contribution in [3.63, 3.8) is 0 Å². The average molecular weight is 427 g/mol. The fourth-order valence-electron chi connectivity index (χ4n) is 3.93. The Morgan fingerprint density at radius 3 is 2.45 bits per heavy atom. The molecule has 0 bridgehead atoms. The third-order valence-electron chi connectivity index (χ3n) is 5.47. The molecule has 10 heteroatoms. The van der Waals surface area contributed by atoms with Crippen LogP contribution in [-0.4, -0.2) is 53.7 Å². The zero-order valence-corrected chi connectivity index (χ0v) is 16.8. The monoisotopic (exact) mass is 426 g/mol. The predicted octanol–water partition coefficient (Wildman–Crippen LogP) is 3.86. The molecule has 4 heterocycles. The lowest BCUT2D eigenvalue weighted by atomic mass is 10.2. The fourth-order valence-corrected chi connectivity index (χ4v) is 4.11. The van der Waals surface area contributed by atoms with Crippen LogP contribution in [0.25, 0.3) is 0 Å². The van der Waals surface area contributed by atoms with E-state index in [1.807, 2.05) is 4.90 Å². The van der Waals surface area contributed by atoms with Gasteiger partial charge in [-0.1, -0.05) is 11.6 Å². The van der Waals surface area contributed by atoms with Crippen LogP contribution in [0.3, 0.4) is 0 Å². The van der Waals surface area contributed by atoms with Crippen LogP contribution < -0.4 is 14.7 Å². The number of rotatable bonds is 3. The van der Waals surface area contributed by atoms with Gasteiger partial charge in [0.2, 0.25) is 5.95 Å². The van der Waals surface area contributed by atoms with Crippen LogP contribution in [0.2, 0.25) is 5.15 Å².